The Morgan fingerprint density at radius 3 is 2.38 bits per heavy atom. The van der Waals surface area contributed by atoms with Crippen molar-refractivity contribution < 1.29 is 22.3 Å². The van der Waals surface area contributed by atoms with Gasteiger partial charge in [0.15, 0.2) is 0 Å². The van der Waals surface area contributed by atoms with Crippen molar-refractivity contribution in [3.05, 3.63) is 71.0 Å². The summed E-state index contributed by atoms with van der Waals surface area (Å²) >= 11 is 0. The maximum Gasteiger partial charge on any atom is 0.573 e. The molecule has 4 aromatic rings. The number of hydrogen-bond acceptors (Lipinski definition) is 5. The average Bonchev–Trinajstić information content (AvgIpc) is 2.99. The first-order valence-electron chi connectivity index (χ1n) is 8.14. The molecule has 0 bridgehead atoms. The second kappa shape index (κ2) is 6.93. The van der Waals surface area contributed by atoms with Gasteiger partial charge in [-0.2, -0.15) is 0 Å². The van der Waals surface area contributed by atoms with Crippen molar-refractivity contribution in [3.63, 3.8) is 0 Å². The van der Waals surface area contributed by atoms with Crippen LogP contribution in [0, 0.1) is 5.82 Å². The molecule has 7 nitrogen and oxygen atoms in total. The third-order valence-electron chi connectivity index (χ3n) is 3.89. The Balaban J connectivity index is 1.69. The Bertz CT molecular complexity index is 1210. The molecule has 0 radical (unpaired) electrons. The molecule has 11 heteroatoms. The SMILES string of the molecule is O=c1[nH]n(-c2ccc(OC(F)(F)F)cc2)c2cc(Nc3ccc(F)cn3)ncc12. The molecule has 0 aliphatic carbocycles. The monoisotopic (exact) mass is 405 g/mol. The molecule has 3 heterocycles. The number of aromatic nitrogens is 4. The molecule has 0 saturated heterocycles. The standard InChI is InChI=1S/C18H11F4N5O2/c19-10-1-6-15(23-8-10)25-16-7-14-13(9-24-16)17(28)26-27(14)11-2-4-12(5-3-11)29-18(20,21)22/h1-9H,(H,26,28)(H,23,24,25). The lowest BCUT2D eigenvalue weighted by atomic mass is 10.3. The summed E-state index contributed by atoms with van der Waals surface area (Å²) in [5.41, 5.74) is 0.414. The van der Waals surface area contributed by atoms with Crippen LogP contribution in [0.15, 0.2) is 59.7 Å². The molecule has 2 N–H and O–H groups in total. The van der Waals surface area contributed by atoms with E-state index in [-0.39, 0.29) is 11.1 Å². The number of benzene rings is 1. The quantitative estimate of drug-likeness (QED) is 0.503. The topological polar surface area (TPSA) is 84.8 Å². The number of anilines is 2. The highest BCUT2D eigenvalue weighted by Crippen LogP contribution is 2.25. The van der Waals surface area contributed by atoms with E-state index in [0.29, 0.717) is 22.8 Å². The van der Waals surface area contributed by atoms with Crippen molar-refractivity contribution in [3.8, 4) is 11.4 Å². The largest absolute Gasteiger partial charge is 0.573 e. The highest BCUT2D eigenvalue weighted by Gasteiger charge is 2.31. The van der Waals surface area contributed by atoms with Crippen LogP contribution in [0.4, 0.5) is 29.2 Å². The van der Waals surface area contributed by atoms with Crippen LogP contribution >= 0.6 is 0 Å². The van der Waals surface area contributed by atoms with Gasteiger partial charge in [-0.25, -0.2) is 14.4 Å². The van der Waals surface area contributed by atoms with E-state index in [1.807, 2.05) is 0 Å². The highest BCUT2D eigenvalue weighted by atomic mass is 19.4. The number of nitrogens with zero attached hydrogens (tertiary/aromatic N) is 3. The van der Waals surface area contributed by atoms with Gasteiger partial charge in [-0.15, -0.1) is 13.2 Å². The van der Waals surface area contributed by atoms with Crippen LogP contribution in [0.3, 0.4) is 0 Å². The van der Waals surface area contributed by atoms with Gasteiger partial charge in [-0.1, -0.05) is 0 Å². The Morgan fingerprint density at radius 1 is 1.00 bits per heavy atom. The first kappa shape index (κ1) is 18.5. The number of aromatic amines is 1. The number of pyridine rings is 2. The number of fused-ring (bicyclic) bond motifs is 1. The number of H-pyrrole nitrogens is 1. The van der Waals surface area contributed by atoms with Crippen LogP contribution in [0.2, 0.25) is 0 Å². The second-order valence-corrected chi connectivity index (χ2v) is 5.89. The van der Waals surface area contributed by atoms with E-state index in [0.717, 1.165) is 18.3 Å². The number of nitrogens with one attached hydrogen (secondary N) is 2. The predicted molar refractivity (Wildman–Crippen MR) is 95.9 cm³/mol. The number of rotatable bonds is 4. The molecule has 0 spiro atoms. The van der Waals surface area contributed by atoms with E-state index in [1.54, 1.807) is 6.07 Å². The Morgan fingerprint density at radius 2 is 1.72 bits per heavy atom. The van der Waals surface area contributed by atoms with Gasteiger partial charge in [0.2, 0.25) is 0 Å². The zero-order chi connectivity index (χ0) is 20.6. The first-order valence-corrected chi connectivity index (χ1v) is 8.14. The summed E-state index contributed by atoms with van der Waals surface area (Å²) in [7, 11) is 0. The fraction of sp³-hybridized carbons (Fsp3) is 0.0556. The summed E-state index contributed by atoms with van der Waals surface area (Å²) in [6.07, 6.45) is -2.41. The van der Waals surface area contributed by atoms with E-state index in [2.05, 4.69) is 25.1 Å². The molecular weight excluding hydrogens is 394 g/mol. The van der Waals surface area contributed by atoms with Crippen molar-refractivity contribution in [2.45, 2.75) is 6.36 Å². The van der Waals surface area contributed by atoms with E-state index in [4.69, 9.17) is 0 Å². The molecule has 0 atom stereocenters. The third kappa shape index (κ3) is 4.03. The molecule has 0 amide bonds. The number of ether oxygens (including phenoxy) is 1. The summed E-state index contributed by atoms with van der Waals surface area (Å²) in [4.78, 5) is 20.2. The number of halogens is 4. The summed E-state index contributed by atoms with van der Waals surface area (Å²) in [6, 6.07) is 9.20. The van der Waals surface area contributed by atoms with E-state index >= 15 is 0 Å². The lowest BCUT2D eigenvalue weighted by Gasteiger charge is -2.10. The van der Waals surface area contributed by atoms with Crippen molar-refractivity contribution in [2.75, 3.05) is 5.32 Å². The molecule has 0 aliphatic heterocycles. The Labute approximate surface area is 159 Å². The second-order valence-electron chi connectivity index (χ2n) is 5.89. The molecular formula is C18H11F4N5O2. The van der Waals surface area contributed by atoms with E-state index in [9.17, 15) is 22.4 Å². The fourth-order valence-electron chi connectivity index (χ4n) is 2.68. The Hall–Kier alpha value is -3.89. The molecule has 0 saturated carbocycles. The van der Waals surface area contributed by atoms with Crippen LogP contribution in [0.5, 0.6) is 5.75 Å². The molecule has 3 aromatic heterocycles. The number of alkyl halides is 3. The summed E-state index contributed by atoms with van der Waals surface area (Å²) in [5, 5.41) is 5.76. The zero-order valence-electron chi connectivity index (χ0n) is 14.4. The smallest absolute Gasteiger partial charge is 0.406 e. The molecule has 29 heavy (non-hydrogen) atoms. The van der Waals surface area contributed by atoms with Crippen molar-refractivity contribution in [1.82, 2.24) is 19.7 Å². The van der Waals surface area contributed by atoms with Gasteiger partial charge in [0, 0.05) is 12.3 Å². The van der Waals surface area contributed by atoms with Gasteiger partial charge >= 0.3 is 6.36 Å². The van der Waals surface area contributed by atoms with Crippen molar-refractivity contribution in [1.29, 1.82) is 0 Å². The Kier molecular flexibility index (Phi) is 4.41. The van der Waals surface area contributed by atoms with Gasteiger partial charge in [-0.3, -0.25) is 14.6 Å². The zero-order valence-corrected chi connectivity index (χ0v) is 14.4. The summed E-state index contributed by atoms with van der Waals surface area (Å²) in [5.74, 6) is -0.194. The van der Waals surface area contributed by atoms with Crippen LogP contribution < -0.4 is 15.6 Å². The van der Waals surface area contributed by atoms with Gasteiger partial charge in [0.1, 0.15) is 23.2 Å². The van der Waals surface area contributed by atoms with Crippen LogP contribution in [-0.2, 0) is 0 Å². The molecule has 4 rings (SSSR count). The first-order chi connectivity index (χ1) is 13.8. The third-order valence-corrected chi connectivity index (χ3v) is 3.89. The normalized spacial score (nSPS) is 11.6. The maximum absolute atomic E-state index is 13.0. The average molecular weight is 405 g/mol. The number of hydrogen-bond donors (Lipinski definition) is 2. The highest BCUT2D eigenvalue weighted by molar-refractivity contribution is 5.82. The van der Waals surface area contributed by atoms with Crippen LogP contribution in [0.1, 0.15) is 0 Å². The minimum absolute atomic E-state index is 0.276. The van der Waals surface area contributed by atoms with Gasteiger partial charge in [0.25, 0.3) is 5.56 Å². The lowest BCUT2D eigenvalue weighted by Crippen LogP contribution is -2.17. The molecule has 0 fully saturated rings. The lowest BCUT2D eigenvalue weighted by molar-refractivity contribution is -0.274. The van der Waals surface area contributed by atoms with Crippen molar-refractivity contribution >= 4 is 22.5 Å². The van der Waals surface area contributed by atoms with E-state index < -0.39 is 17.7 Å². The summed E-state index contributed by atoms with van der Waals surface area (Å²) < 4.78 is 55.1. The van der Waals surface area contributed by atoms with Gasteiger partial charge in [0.05, 0.1) is 22.8 Å². The van der Waals surface area contributed by atoms with Crippen LogP contribution in [0.25, 0.3) is 16.6 Å². The molecule has 0 unspecified atom stereocenters. The molecule has 1 aromatic carbocycles. The minimum atomic E-state index is -4.80. The van der Waals surface area contributed by atoms with Gasteiger partial charge in [-0.05, 0) is 36.4 Å². The van der Waals surface area contributed by atoms with E-state index in [1.165, 1.54) is 35.1 Å². The summed E-state index contributed by atoms with van der Waals surface area (Å²) in [6.45, 7) is 0. The molecule has 148 valence electrons. The minimum Gasteiger partial charge on any atom is -0.406 e. The van der Waals surface area contributed by atoms with Crippen LogP contribution in [-0.4, -0.2) is 26.1 Å². The maximum atomic E-state index is 13.0. The fourth-order valence-corrected chi connectivity index (χ4v) is 2.68. The van der Waals surface area contributed by atoms with Gasteiger partial charge < -0.3 is 10.1 Å². The van der Waals surface area contributed by atoms with Crippen molar-refractivity contribution in [2.24, 2.45) is 0 Å². The molecule has 0 aliphatic rings. The predicted octanol–water partition coefficient (Wildman–Crippen LogP) is 3.89.